The van der Waals surface area contributed by atoms with E-state index < -0.39 is 0 Å². The molecule has 30 heavy (non-hydrogen) atoms. The molecule has 0 heterocycles. The molecular formula is C28H18O2. The number of carbonyl (C=O) groups is 1. The summed E-state index contributed by atoms with van der Waals surface area (Å²) in [6, 6.07) is 32.8. The minimum Gasteiger partial charge on any atom is -0.457 e. The molecule has 0 aromatic heterocycles. The molecule has 6 aromatic carbocycles. The molecule has 142 valence electrons. The maximum Gasteiger partial charge on any atom is 0.338 e. The molecule has 0 spiro atoms. The standard InChI is InChI=1S/C28H18O2/c29-28(19-7-2-1-3-8-19)30-17-20-15-16-25-23-13-5-10-18-9-4-12-22(26(18)23)24-14-6-11-21(20)27(24)25/h1-16H,17H2. The molecule has 2 nitrogen and oxygen atoms in total. The predicted octanol–water partition coefficient (Wildman–Crippen LogP) is 7.09. The second kappa shape index (κ2) is 6.57. The molecule has 0 aliphatic heterocycles. The Morgan fingerprint density at radius 3 is 1.90 bits per heavy atom. The molecule has 0 N–H and O–H groups in total. The Hall–Kier alpha value is -3.91. The lowest BCUT2D eigenvalue weighted by Crippen LogP contribution is -2.05. The van der Waals surface area contributed by atoms with Gasteiger partial charge in [-0.2, -0.15) is 0 Å². The normalized spacial score (nSPS) is 11.6. The molecule has 0 atom stereocenters. The highest BCUT2D eigenvalue weighted by molar-refractivity contribution is 6.33. The second-order valence-electron chi connectivity index (χ2n) is 7.65. The van der Waals surface area contributed by atoms with Crippen molar-refractivity contribution in [2.75, 3.05) is 0 Å². The van der Waals surface area contributed by atoms with Gasteiger partial charge in [0.25, 0.3) is 0 Å². The van der Waals surface area contributed by atoms with Gasteiger partial charge in [-0.3, -0.25) is 0 Å². The van der Waals surface area contributed by atoms with Crippen LogP contribution in [-0.4, -0.2) is 5.97 Å². The Balaban J connectivity index is 1.54. The first kappa shape index (κ1) is 17.0. The van der Waals surface area contributed by atoms with E-state index in [9.17, 15) is 4.79 Å². The van der Waals surface area contributed by atoms with Crippen LogP contribution >= 0.6 is 0 Å². The van der Waals surface area contributed by atoms with Crippen LogP contribution in [0.2, 0.25) is 0 Å². The Morgan fingerprint density at radius 1 is 0.567 bits per heavy atom. The minimum absolute atomic E-state index is 0.250. The summed E-state index contributed by atoms with van der Waals surface area (Å²) in [6.07, 6.45) is 0. The first-order valence-electron chi connectivity index (χ1n) is 10.1. The van der Waals surface area contributed by atoms with Crippen molar-refractivity contribution in [3.05, 3.63) is 108 Å². The van der Waals surface area contributed by atoms with Gasteiger partial charge in [0.05, 0.1) is 5.56 Å². The molecule has 0 fully saturated rings. The highest BCUT2D eigenvalue weighted by atomic mass is 16.5. The van der Waals surface area contributed by atoms with Gasteiger partial charge in [0.2, 0.25) is 0 Å². The molecule has 0 amide bonds. The molecule has 0 bridgehead atoms. The van der Waals surface area contributed by atoms with Gasteiger partial charge in [0, 0.05) is 0 Å². The largest absolute Gasteiger partial charge is 0.457 e. The number of carbonyl (C=O) groups excluding carboxylic acids is 1. The van der Waals surface area contributed by atoms with Gasteiger partial charge >= 0.3 is 5.97 Å². The topological polar surface area (TPSA) is 26.3 Å². The number of esters is 1. The zero-order valence-electron chi connectivity index (χ0n) is 16.3. The van der Waals surface area contributed by atoms with Crippen LogP contribution in [0.4, 0.5) is 0 Å². The molecule has 2 heteroatoms. The first-order valence-corrected chi connectivity index (χ1v) is 10.1. The van der Waals surface area contributed by atoms with E-state index >= 15 is 0 Å². The van der Waals surface area contributed by atoms with Gasteiger partial charge in [0.1, 0.15) is 6.61 Å². The molecule has 0 aliphatic carbocycles. The fraction of sp³-hybridized carbons (Fsp3) is 0.0357. The van der Waals surface area contributed by atoms with Crippen molar-refractivity contribution in [3.63, 3.8) is 0 Å². The van der Waals surface area contributed by atoms with Crippen molar-refractivity contribution in [1.82, 2.24) is 0 Å². The summed E-state index contributed by atoms with van der Waals surface area (Å²) in [5, 5.41) is 9.94. The van der Waals surface area contributed by atoms with E-state index in [1.165, 1.54) is 37.7 Å². The molecule has 0 radical (unpaired) electrons. The quantitative estimate of drug-likeness (QED) is 0.184. The van der Waals surface area contributed by atoms with Crippen molar-refractivity contribution in [2.45, 2.75) is 6.61 Å². The summed E-state index contributed by atoms with van der Waals surface area (Å²) in [4.78, 5) is 12.4. The van der Waals surface area contributed by atoms with Crippen LogP contribution in [0.25, 0.3) is 43.1 Å². The molecule has 6 aromatic rings. The van der Waals surface area contributed by atoms with Crippen LogP contribution < -0.4 is 0 Å². The highest BCUT2D eigenvalue weighted by Crippen LogP contribution is 2.40. The smallest absolute Gasteiger partial charge is 0.338 e. The van der Waals surface area contributed by atoms with E-state index in [0.717, 1.165) is 10.9 Å². The van der Waals surface area contributed by atoms with Crippen LogP contribution in [0.5, 0.6) is 0 Å². The zero-order chi connectivity index (χ0) is 20.1. The van der Waals surface area contributed by atoms with Gasteiger partial charge in [-0.25, -0.2) is 4.79 Å². The van der Waals surface area contributed by atoms with Crippen LogP contribution in [-0.2, 0) is 11.3 Å². The molecule has 0 unspecified atom stereocenters. The van der Waals surface area contributed by atoms with Crippen molar-refractivity contribution in [1.29, 1.82) is 0 Å². The predicted molar refractivity (Wildman–Crippen MR) is 123 cm³/mol. The average molecular weight is 386 g/mol. The SMILES string of the molecule is O=C(OCc1ccc2c3cccc4cccc(c5cccc1c52)c43)c1ccccc1. The lowest BCUT2D eigenvalue weighted by molar-refractivity contribution is 0.0474. The van der Waals surface area contributed by atoms with Gasteiger partial charge in [0.15, 0.2) is 0 Å². The Bertz CT molecular complexity index is 1500. The number of fused-ring (bicyclic) bond motifs is 2. The first-order chi connectivity index (χ1) is 14.8. The Labute approximate surface area is 173 Å². The van der Waals surface area contributed by atoms with Crippen molar-refractivity contribution >= 4 is 49.1 Å². The number of benzene rings is 6. The molecule has 6 rings (SSSR count). The Kier molecular flexibility index (Phi) is 3.72. The average Bonchev–Trinajstić information content (AvgIpc) is 2.81. The fourth-order valence-electron chi connectivity index (χ4n) is 4.63. The third kappa shape index (κ3) is 2.47. The van der Waals surface area contributed by atoms with Crippen LogP contribution in [0.3, 0.4) is 0 Å². The zero-order valence-corrected chi connectivity index (χ0v) is 16.3. The lowest BCUT2D eigenvalue weighted by Gasteiger charge is -2.16. The molecule has 0 saturated carbocycles. The maximum absolute atomic E-state index is 12.4. The Morgan fingerprint density at radius 2 is 1.17 bits per heavy atom. The van der Waals surface area contributed by atoms with Crippen molar-refractivity contribution in [3.8, 4) is 0 Å². The number of hydrogen-bond acceptors (Lipinski definition) is 2. The van der Waals surface area contributed by atoms with E-state index in [2.05, 4.69) is 66.7 Å². The van der Waals surface area contributed by atoms with Crippen LogP contribution in [0.1, 0.15) is 15.9 Å². The third-order valence-electron chi connectivity index (χ3n) is 5.98. The highest BCUT2D eigenvalue weighted by Gasteiger charge is 2.15. The fourth-order valence-corrected chi connectivity index (χ4v) is 4.63. The lowest BCUT2D eigenvalue weighted by atomic mass is 9.88. The molecular weight excluding hydrogens is 368 g/mol. The van der Waals surface area contributed by atoms with Crippen molar-refractivity contribution < 1.29 is 9.53 Å². The van der Waals surface area contributed by atoms with Crippen molar-refractivity contribution in [2.24, 2.45) is 0 Å². The van der Waals surface area contributed by atoms with E-state index in [0.29, 0.717) is 5.56 Å². The summed E-state index contributed by atoms with van der Waals surface area (Å²) in [7, 11) is 0. The van der Waals surface area contributed by atoms with Gasteiger partial charge in [-0.15, -0.1) is 0 Å². The molecule has 0 aliphatic rings. The summed E-state index contributed by atoms with van der Waals surface area (Å²) in [5.41, 5.74) is 1.59. The summed E-state index contributed by atoms with van der Waals surface area (Å²) < 4.78 is 5.64. The number of hydrogen-bond donors (Lipinski definition) is 0. The summed E-state index contributed by atoms with van der Waals surface area (Å²) >= 11 is 0. The minimum atomic E-state index is -0.300. The summed E-state index contributed by atoms with van der Waals surface area (Å²) in [5.74, 6) is -0.300. The van der Waals surface area contributed by atoms with Gasteiger partial charge in [-0.05, 0) is 60.8 Å². The summed E-state index contributed by atoms with van der Waals surface area (Å²) in [6.45, 7) is 0.250. The van der Waals surface area contributed by atoms with Gasteiger partial charge in [-0.1, -0.05) is 84.9 Å². The second-order valence-corrected chi connectivity index (χ2v) is 7.65. The van der Waals surface area contributed by atoms with E-state index in [1.54, 1.807) is 12.1 Å². The number of ether oxygens (including phenoxy) is 1. The maximum atomic E-state index is 12.4. The third-order valence-corrected chi connectivity index (χ3v) is 5.98. The van der Waals surface area contributed by atoms with Gasteiger partial charge < -0.3 is 4.74 Å². The van der Waals surface area contributed by atoms with Crippen LogP contribution in [0, 0.1) is 0 Å². The monoisotopic (exact) mass is 386 g/mol. The van der Waals surface area contributed by atoms with E-state index in [4.69, 9.17) is 4.74 Å². The van der Waals surface area contributed by atoms with Crippen LogP contribution in [0.15, 0.2) is 97.1 Å². The van der Waals surface area contributed by atoms with E-state index in [-0.39, 0.29) is 12.6 Å². The van der Waals surface area contributed by atoms with E-state index in [1.807, 2.05) is 18.2 Å². The number of rotatable bonds is 3. The molecule has 0 saturated heterocycles.